The van der Waals surface area contributed by atoms with Gasteiger partial charge >= 0.3 is 0 Å². The van der Waals surface area contributed by atoms with Gasteiger partial charge in [0.2, 0.25) is 11.8 Å². The van der Waals surface area contributed by atoms with Gasteiger partial charge < -0.3 is 10.6 Å². The lowest BCUT2D eigenvalue weighted by Crippen LogP contribution is -2.36. The first-order valence-corrected chi connectivity index (χ1v) is 7.69. The van der Waals surface area contributed by atoms with E-state index in [1.165, 1.54) is 0 Å². The van der Waals surface area contributed by atoms with E-state index < -0.39 is 0 Å². The van der Waals surface area contributed by atoms with E-state index in [1.54, 1.807) is 0 Å². The number of hydrogen-bond acceptors (Lipinski definition) is 2. The molecular weight excluding hydrogens is 320 g/mol. The smallest absolute Gasteiger partial charge is 0.243 e. The van der Waals surface area contributed by atoms with Crippen LogP contribution < -0.4 is 10.6 Å². The molecule has 1 aliphatic carbocycles. The Labute approximate surface area is 127 Å². The molecule has 0 radical (unpaired) electrons. The zero-order valence-electron chi connectivity index (χ0n) is 11.5. The first-order chi connectivity index (χ1) is 9.56. The number of halogens is 1. The second-order valence-electron chi connectivity index (χ2n) is 5.21. The van der Waals surface area contributed by atoms with Crippen LogP contribution in [0.3, 0.4) is 0 Å². The van der Waals surface area contributed by atoms with Gasteiger partial charge in [-0.3, -0.25) is 9.59 Å². The van der Waals surface area contributed by atoms with Gasteiger partial charge in [-0.05, 0) is 37.5 Å². The van der Waals surface area contributed by atoms with Crippen LogP contribution in [0, 0.1) is 12.8 Å². The van der Waals surface area contributed by atoms with Crippen LogP contribution in [0.1, 0.15) is 31.2 Å². The Morgan fingerprint density at radius 2 is 2.00 bits per heavy atom. The van der Waals surface area contributed by atoms with Crippen molar-refractivity contribution in [1.82, 2.24) is 5.32 Å². The predicted molar refractivity (Wildman–Crippen MR) is 82.5 cm³/mol. The largest absolute Gasteiger partial charge is 0.347 e. The zero-order valence-corrected chi connectivity index (χ0v) is 13.1. The van der Waals surface area contributed by atoms with E-state index in [1.807, 2.05) is 25.1 Å². The molecule has 1 aromatic rings. The number of rotatable bonds is 4. The van der Waals surface area contributed by atoms with Gasteiger partial charge in [0.15, 0.2) is 0 Å². The number of nitrogens with one attached hydrogen (secondary N) is 2. The number of hydrogen-bond donors (Lipinski definition) is 2. The molecule has 0 atom stereocenters. The number of carbonyl (C=O) groups excluding carboxylic acids is 2. The lowest BCUT2D eigenvalue weighted by molar-refractivity contribution is -0.127. The van der Waals surface area contributed by atoms with Crippen molar-refractivity contribution in [2.45, 2.75) is 32.6 Å². The highest BCUT2D eigenvalue weighted by atomic mass is 79.9. The Morgan fingerprint density at radius 3 is 2.70 bits per heavy atom. The minimum Gasteiger partial charge on any atom is -0.347 e. The van der Waals surface area contributed by atoms with Crippen molar-refractivity contribution in [2.75, 3.05) is 11.9 Å². The summed E-state index contributed by atoms with van der Waals surface area (Å²) < 4.78 is 0.911. The average Bonchev–Trinajstić information content (AvgIpc) is 2.94. The fraction of sp³-hybridized carbons (Fsp3) is 0.467. The molecule has 20 heavy (non-hydrogen) atoms. The molecule has 0 saturated heterocycles. The molecule has 1 aromatic carbocycles. The normalized spacial score (nSPS) is 15.1. The number of benzene rings is 1. The highest BCUT2D eigenvalue weighted by Gasteiger charge is 2.22. The molecule has 1 aliphatic rings. The van der Waals surface area contributed by atoms with Crippen molar-refractivity contribution in [1.29, 1.82) is 0 Å². The molecule has 5 heteroatoms. The SMILES string of the molecule is Cc1ccc(Br)cc1NC(=O)CNC(=O)C1CCCC1. The average molecular weight is 339 g/mol. The van der Waals surface area contributed by atoms with E-state index >= 15 is 0 Å². The van der Waals surface area contributed by atoms with Crippen LogP contribution in [0.2, 0.25) is 0 Å². The minimum absolute atomic E-state index is 0.00335. The van der Waals surface area contributed by atoms with E-state index in [0.29, 0.717) is 0 Å². The van der Waals surface area contributed by atoms with Crippen LogP contribution in [0.15, 0.2) is 22.7 Å². The second kappa shape index (κ2) is 6.88. The maximum absolute atomic E-state index is 11.9. The summed E-state index contributed by atoms with van der Waals surface area (Å²) in [4.78, 5) is 23.7. The highest BCUT2D eigenvalue weighted by molar-refractivity contribution is 9.10. The molecule has 0 aliphatic heterocycles. The summed E-state index contributed by atoms with van der Waals surface area (Å²) in [6.07, 6.45) is 4.11. The fourth-order valence-corrected chi connectivity index (χ4v) is 2.78. The van der Waals surface area contributed by atoms with Gasteiger partial charge in [-0.2, -0.15) is 0 Å². The quantitative estimate of drug-likeness (QED) is 0.886. The van der Waals surface area contributed by atoms with Crippen molar-refractivity contribution in [3.05, 3.63) is 28.2 Å². The topological polar surface area (TPSA) is 58.2 Å². The number of anilines is 1. The number of carbonyl (C=O) groups is 2. The Kier molecular flexibility index (Phi) is 5.17. The first-order valence-electron chi connectivity index (χ1n) is 6.90. The third-order valence-electron chi connectivity index (χ3n) is 3.62. The molecule has 2 rings (SSSR count). The van der Waals surface area contributed by atoms with E-state index in [-0.39, 0.29) is 24.3 Å². The third-order valence-corrected chi connectivity index (χ3v) is 4.12. The standard InChI is InChI=1S/C15H19BrN2O2/c1-10-6-7-12(16)8-13(10)18-14(19)9-17-15(20)11-4-2-3-5-11/h6-8,11H,2-5,9H2,1H3,(H,17,20)(H,18,19). The molecule has 2 N–H and O–H groups in total. The lowest BCUT2D eigenvalue weighted by atomic mass is 10.1. The fourth-order valence-electron chi connectivity index (χ4n) is 2.42. The van der Waals surface area contributed by atoms with Gasteiger partial charge in [-0.1, -0.05) is 34.8 Å². The van der Waals surface area contributed by atoms with Crippen molar-refractivity contribution < 1.29 is 9.59 Å². The maximum Gasteiger partial charge on any atom is 0.243 e. The predicted octanol–water partition coefficient (Wildman–Crippen LogP) is 3.00. The molecule has 0 aromatic heterocycles. The van der Waals surface area contributed by atoms with E-state index in [9.17, 15) is 9.59 Å². The van der Waals surface area contributed by atoms with Crippen molar-refractivity contribution in [2.24, 2.45) is 5.92 Å². The van der Waals surface area contributed by atoms with Crippen LogP contribution in [-0.4, -0.2) is 18.4 Å². The summed E-state index contributed by atoms with van der Waals surface area (Å²) in [5.74, 6) is -0.100. The van der Waals surface area contributed by atoms with Crippen molar-refractivity contribution in [3.8, 4) is 0 Å². The van der Waals surface area contributed by atoms with Gasteiger partial charge in [-0.25, -0.2) is 0 Å². The van der Waals surface area contributed by atoms with Crippen LogP contribution in [0.4, 0.5) is 5.69 Å². The monoisotopic (exact) mass is 338 g/mol. The maximum atomic E-state index is 11.9. The van der Waals surface area contributed by atoms with E-state index in [2.05, 4.69) is 26.6 Å². The molecule has 108 valence electrons. The summed E-state index contributed by atoms with van der Waals surface area (Å²) >= 11 is 3.37. The zero-order chi connectivity index (χ0) is 14.5. The summed E-state index contributed by atoms with van der Waals surface area (Å²) in [7, 11) is 0. The van der Waals surface area contributed by atoms with E-state index in [0.717, 1.165) is 41.4 Å². The lowest BCUT2D eigenvalue weighted by Gasteiger charge is -2.12. The molecule has 0 spiro atoms. The van der Waals surface area contributed by atoms with Gasteiger partial charge in [0.05, 0.1) is 6.54 Å². The second-order valence-corrected chi connectivity index (χ2v) is 6.12. The number of aryl methyl sites for hydroxylation is 1. The number of amides is 2. The Balaban J connectivity index is 1.83. The highest BCUT2D eigenvalue weighted by Crippen LogP contribution is 2.24. The van der Waals surface area contributed by atoms with Crippen LogP contribution in [-0.2, 0) is 9.59 Å². The minimum atomic E-state index is -0.197. The summed E-state index contributed by atoms with van der Waals surface area (Å²) in [6, 6.07) is 5.70. The molecular formula is C15H19BrN2O2. The van der Waals surface area contributed by atoms with E-state index in [4.69, 9.17) is 0 Å². The van der Waals surface area contributed by atoms with Crippen LogP contribution >= 0.6 is 15.9 Å². The van der Waals surface area contributed by atoms with Gasteiger partial charge in [-0.15, -0.1) is 0 Å². The molecule has 0 heterocycles. The van der Waals surface area contributed by atoms with Crippen LogP contribution in [0.5, 0.6) is 0 Å². The van der Waals surface area contributed by atoms with Crippen LogP contribution in [0.25, 0.3) is 0 Å². The molecule has 4 nitrogen and oxygen atoms in total. The molecule has 2 amide bonds. The Hall–Kier alpha value is -1.36. The summed E-state index contributed by atoms with van der Waals surface area (Å²) in [6.45, 7) is 1.96. The third kappa shape index (κ3) is 4.07. The van der Waals surface area contributed by atoms with Gasteiger partial charge in [0.25, 0.3) is 0 Å². The summed E-state index contributed by atoms with van der Waals surface area (Å²) in [5.41, 5.74) is 1.75. The molecule has 1 fully saturated rings. The molecule has 1 saturated carbocycles. The Bertz CT molecular complexity index is 511. The van der Waals surface area contributed by atoms with Crippen molar-refractivity contribution >= 4 is 33.4 Å². The van der Waals surface area contributed by atoms with Gasteiger partial charge in [0.1, 0.15) is 0 Å². The van der Waals surface area contributed by atoms with Crippen molar-refractivity contribution in [3.63, 3.8) is 0 Å². The van der Waals surface area contributed by atoms with Gasteiger partial charge in [0, 0.05) is 16.1 Å². The first kappa shape index (κ1) is 15.0. The Morgan fingerprint density at radius 1 is 1.30 bits per heavy atom. The summed E-state index contributed by atoms with van der Waals surface area (Å²) in [5, 5.41) is 5.53. The molecule has 0 unspecified atom stereocenters. The molecule has 0 bridgehead atoms.